The van der Waals surface area contributed by atoms with Crippen LogP contribution in [0, 0.1) is 17.8 Å². The maximum atomic E-state index is 13.5. The Kier molecular flexibility index (Phi) is 11.2. The van der Waals surface area contributed by atoms with Gasteiger partial charge in [-0.15, -0.1) is 0 Å². The van der Waals surface area contributed by atoms with Crippen molar-refractivity contribution in [2.24, 2.45) is 17.8 Å². The first-order chi connectivity index (χ1) is 21.5. The molecule has 4 aliphatic rings. The van der Waals surface area contributed by atoms with Crippen LogP contribution >= 0.6 is 11.6 Å². The predicted octanol–water partition coefficient (Wildman–Crippen LogP) is 4.42. The van der Waals surface area contributed by atoms with Crippen molar-refractivity contribution in [1.82, 2.24) is 14.9 Å². The third kappa shape index (κ3) is 8.07. The normalized spacial score (nSPS) is 31.3. The number of sulfonamides is 1. The van der Waals surface area contributed by atoms with E-state index in [4.69, 9.17) is 16.3 Å². The molecule has 1 aromatic carbocycles. The summed E-state index contributed by atoms with van der Waals surface area (Å²) in [7, 11) is -3.91. The number of amides is 1. The molecule has 0 saturated heterocycles. The zero-order valence-corrected chi connectivity index (χ0v) is 28.3. The highest BCUT2D eigenvalue weighted by Crippen LogP contribution is 2.45. The van der Waals surface area contributed by atoms with E-state index in [1.54, 1.807) is 6.92 Å². The molecule has 0 aromatic heterocycles. The number of benzene rings is 1. The number of rotatable bonds is 4. The van der Waals surface area contributed by atoms with Crippen molar-refractivity contribution >= 4 is 27.5 Å². The number of fused-ring (bicyclic) bond motifs is 2. The lowest BCUT2D eigenvalue weighted by atomic mass is 9.63. The van der Waals surface area contributed by atoms with E-state index >= 15 is 0 Å². The maximum absolute atomic E-state index is 13.5. The quantitative estimate of drug-likeness (QED) is 0.349. The standard InChI is InChI=1S/C34H50ClN3O6S/c1-23-6-5-14-34(41,22-36-15-17-39)30-12-9-27(30)20-38-16-4-3-7-25-18-29(35)11-8-28(25)21-44-32-13-10-26(19-31(32)38)33(40)37-45(42,43)24(23)2/h8,11,18-19,23-24,27,30,36,39,41H,3-7,9-10,12-17,20-22H2,1-2H3,(H,37,40)/t23?,24-,27+,30-,34+/m1/s1. The molecule has 2 aliphatic carbocycles. The van der Waals surface area contributed by atoms with Gasteiger partial charge in [0.05, 0.1) is 23.2 Å². The van der Waals surface area contributed by atoms with Crippen LogP contribution in [0.3, 0.4) is 0 Å². The average molecular weight is 664 g/mol. The van der Waals surface area contributed by atoms with Gasteiger partial charge in [0.15, 0.2) is 0 Å². The van der Waals surface area contributed by atoms with Crippen LogP contribution in [0.5, 0.6) is 0 Å². The molecule has 4 N–H and O–H groups in total. The van der Waals surface area contributed by atoms with E-state index in [2.05, 4.69) is 14.9 Å². The van der Waals surface area contributed by atoms with E-state index in [1.807, 2.05) is 31.2 Å². The lowest BCUT2D eigenvalue weighted by molar-refractivity contribution is -0.116. The Morgan fingerprint density at radius 3 is 2.69 bits per heavy atom. The predicted molar refractivity (Wildman–Crippen MR) is 176 cm³/mol. The molecule has 11 heteroatoms. The SMILES string of the molecule is CC1CCC[C@](O)(CNCCO)[C@@H]2CC[C@H]2CN2CCCCc3cc(Cl)ccc3COC3=C2C=C(CC3)C(=O)NS(=O)(=O)[C@@H]1C. The van der Waals surface area contributed by atoms with Crippen LogP contribution in [0.4, 0.5) is 0 Å². The van der Waals surface area contributed by atoms with Gasteiger partial charge in [-0.2, -0.15) is 0 Å². The van der Waals surface area contributed by atoms with Gasteiger partial charge in [-0.3, -0.25) is 4.79 Å². The van der Waals surface area contributed by atoms with E-state index < -0.39 is 26.8 Å². The lowest BCUT2D eigenvalue weighted by Gasteiger charge is -2.50. The number of aryl methyl sites for hydroxylation is 1. The molecule has 1 fully saturated rings. The third-order valence-corrected chi connectivity index (χ3v) is 12.8. The first-order valence-electron chi connectivity index (χ1n) is 16.7. The molecular weight excluding hydrogens is 614 g/mol. The molecule has 0 radical (unpaired) electrons. The van der Waals surface area contributed by atoms with Crippen LogP contribution in [0.2, 0.25) is 5.02 Å². The van der Waals surface area contributed by atoms with Crippen LogP contribution in [0.1, 0.15) is 82.8 Å². The molecule has 5 rings (SSSR count). The van der Waals surface area contributed by atoms with Crippen molar-refractivity contribution in [2.75, 3.05) is 32.8 Å². The molecule has 1 aromatic rings. The molecule has 0 spiro atoms. The van der Waals surface area contributed by atoms with E-state index in [0.29, 0.717) is 68.9 Å². The first-order valence-corrected chi connectivity index (χ1v) is 18.6. The van der Waals surface area contributed by atoms with Crippen LogP contribution in [0.15, 0.2) is 41.3 Å². The van der Waals surface area contributed by atoms with E-state index in [0.717, 1.165) is 55.7 Å². The van der Waals surface area contributed by atoms with Crippen molar-refractivity contribution in [3.63, 3.8) is 0 Å². The summed E-state index contributed by atoms with van der Waals surface area (Å²) in [5.41, 5.74) is 2.58. The Labute approximate surface area is 273 Å². The zero-order chi connectivity index (χ0) is 32.2. The van der Waals surface area contributed by atoms with E-state index in [9.17, 15) is 23.4 Å². The van der Waals surface area contributed by atoms with Gasteiger partial charge in [0.25, 0.3) is 5.91 Å². The van der Waals surface area contributed by atoms with Gasteiger partial charge in [0.1, 0.15) is 12.4 Å². The fourth-order valence-corrected chi connectivity index (χ4v) is 8.99. The molecule has 2 aliphatic heterocycles. The summed E-state index contributed by atoms with van der Waals surface area (Å²) in [6, 6.07) is 5.93. The highest BCUT2D eigenvalue weighted by atomic mass is 35.5. The zero-order valence-electron chi connectivity index (χ0n) is 26.7. The number of halogens is 1. The Morgan fingerprint density at radius 2 is 1.93 bits per heavy atom. The van der Waals surface area contributed by atoms with Crippen LogP contribution in [0.25, 0.3) is 0 Å². The molecule has 1 saturated carbocycles. The monoisotopic (exact) mass is 663 g/mol. The summed E-state index contributed by atoms with van der Waals surface area (Å²) < 4.78 is 35.6. The Balaban J connectivity index is 1.52. The number of aliphatic hydroxyl groups is 2. The maximum Gasteiger partial charge on any atom is 0.260 e. The summed E-state index contributed by atoms with van der Waals surface area (Å²) in [6.45, 7) is 6.19. The number of aliphatic hydroxyl groups excluding tert-OH is 1. The number of carbonyl (C=O) groups excluding carboxylic acids is 1. The van der Waals surface area contributed by atoms with Crippen molar-refractivity contribution in [1.29, 1.82) is 0 Å². The van der Waals surface area contributed by atoms with Gasteiger partial charge >= 0.3 is 0 Å². The van der Waals surface area contributed by atoms with Crippen LogP contribution in [-0.4, -0.2) is 73.1 Å². The van der Waals surface area contributed by atoms with Crippen LogP contribution in [-0.2, 0) is 32.6 Å². The second-order valence-corrected chi connectivity index (χ2v) is 16.1. The second-order valence-electron chi connectivity index (χ2n) is 13.6. The van der Waals surface area contributed by atoms with Gasteiger partial charge < -0.3 is 25.2 Å². The average Bonchev–Trinajstić information content (AvgIpc) is 3.01. The highest BCUT2D eigenvalue weighted by Gasteiger charge is 2.47. The van der Waals surface area contributed by atoms with Crippen molar-refractivity contribution in [2.45, 2.75) is 95.5 Å². The van der Waals surface area contributed by atoms with E-state index in [1.165, 1.54) is 5.56 Å². The molecule has 250 valence electrons. The molecular formula is C34H50ClN3O6S. The fraction of sp³-hybridized carbons (Fsp3) is 0.676. The third-order valence-electron chi connectivity index (χ3n) is 10.6. The van der Waals surface area contributed by atoms with E-state index in [-0.39, 0.29) is 24.4 Å². The minimum absolute atomic E-state index is 0.00223. The number of allylic oxidation sites excluding steroid dienone is 2. The minimum atomic E-state index is -3.91. The first kappa shape index (κ1) is 34.2. The van der Waals surface area contributed by atoms with Gasteiger partial charge in [-0.05, 0) is 105 Å². The number of nitrogens with zero attached hydrogens (tertiary/aromatic N) is 1. The smallest absolute Gasteiger partial charge is 0.260 e. The number of hydrogen-bond donors (Lipinski definition) is 4. The number of hydrogen-bond acceptors (Lipinski definition) is 8. The van der Waals surface area contributed by atoms with Crippen molar-refractivity contribution in [3.05, 3.63) is 57.5 Å². The molecule has 1 amide bonds. The second kappa shape index (κ2) is 14.8. The summed E-state index contributed by atoms with van der Waals surface area (Å²) in [6.07, 6.45) is 9.21. The molecule has 2 bridgehead atoms. The highest BCUT2D eigenvalue weighted by molar-refractivity contribution is 7.90. The van der Waals surface area contributed by atoms with Gasteiger partial charge in [0, 0.05) is 43.2 Å². The number of carbonyl (C=O) groups is 1. The molecule has 1 unspecified atom stereocenters. The molecule has 5 atom stereocenters. The van der Waals surface area contributed by atoms with Crippen molar-refractivity contribution < 1.29 is 28.2 Å². The number of nitrogens with one attached hydrogen (secondary N) is 2. The Hall–Kier alpha value is -2.11. The minimum Gasteiger partial charge on any atom is -0.491 e. The Bertz CT molecular complexity index is 1400. The largest absolute Gasteiger partial charge is 0.491 e. The number of ether oxygens (including phenoxy) is 1. The van der Waals surface area contributed by atoms with Crippen molar-refractivity contribution in [3.8, 4) is 0 Å². The fourth-order valence-electron chi connectivity index (χ4n) is 7.47. The topological polar surface area (TPSA) is 128 Å². The molecule has 9 nitrogen and oxygen atoms in total. The summed E-state index contributed by atoms with van der Waals surface area (Å²) in [5.74, 6) is 0.355. The Morgan fingerprint density at radius 1 is 1.11 bits per heavy atom. The molecule has 45 heavy (non-hydrogen) atoms. The molecule has 2 heterocycles. The van der Waals surface area contributed by atoms with Crippen LogP contribution < -0.4 is 10.0 Å². The summed E-state index contributed by atoms with van der Waals surface area (Å²) in [4.78, 5) is 15.8. The van der Waals surface area contributed by atoms with Gasteiger partial charge in [-0.1, -0.05) is 31.0 Å². The van der Waals surface area contributed by atoms with Gasteiger partial charge in [0.2, 0.25) is 10.0 Å². The van der Waals surface area contributed by atoms with Gasteiger partial charge in [-0.25, -0.2) is 13.1 Å². The summed E-state index contributed by atoms with van der Waals surface area (Å²) >= 11 is 6.34. The summed E-state index contributed by atoms with van der Waals surface area (Å²) in [5, 5.41) is 24.7. The lowest BCUT2D eigenvalue weighted by Crippen LogP contribution is -2.55.